The summed E-state index contributed by atoms with van der Waals surface area (Å²) in [5.41, 5.74) is 0.261. The molecule has 0 spiro atoms. The van der Waals surface area contributed by atoms with E-state index in [9.17, 15) is 4.79 Å². The van der Waals surface area contributed by atoms with Gasteiger partial charge >= 0.3 is 0 Å². The molecule has 2 fully saturated rings. The molecular weight excluding hydrogens is 272 g/mol. The normalized spacial score (nSPS) is 35.3. The lowest BCUT2D eigenvalue weighted by Gasteiger charge is -2.44. The first-order valence-corrected chi connectivity index (χ1v) is 9.29. The van der Waals surface area contributed by atoms with Crippen molar-refractivity contribution in [3.63, 3.8) is 0 Å². The van der Waals surface area contributed by atoms with Crippen molar-refractivity contribution in [2.24, 2.45) is 29.1 Å². The Bertz CT molecular complexity index is 401. The summed E-state index contributed by atoms with van der Waals surface area (Å²) in [6.45, 7) is 11.6. The number of ketones is 1. The van der Waals surface area contributed by atoms with Crippen molar-refractivity contribution in [3.8, 4) is 0 Å². The maximum Gasteiger partial charge on any atom is 0.136 e. The van der Waals surface area contributed by atoms with E-state index >= 15 is 0 Å². The fourth-order valence-electron chi connectivity index (χ4n) is 5.17. The van der Waals surface area contributed by atoms with E-state index in [4.69, 9.17) is 4.74 Å². The van der Waals surface area contributed by atoms with Gasteiger partial charge < -0.3 is 4.74 Å². The predicted molar refractivity (Wildman–Crippen MR) is 91.8 cm³/mol. The Morgan fingerprint density at radius 2 is 2.00 bits per heavy atom. The molecule has 128 valence electrons. The lowest BCUT2D eigenvalue weighted by Crippen LogP contribution is -2.40. The second-order valence-electron chi connectivity index (χ2n) is 8.90. The summed E-state index contributed by atoms with van der Waals surface area (Å²) >= 11 is 0. The van der Waals surface area contributed by atoms with Crippen molar-refractivity contribution in [1.82, 2.24) is 0 Å². The second-order valence-corrected chi connectivity index (χ2v) is 8.90. The monoisotopic (exact) mass is 308 g/mol. The third kappa shape index (κ3) is 3.42. The standard InChI is InChI=1S/C20H36O2/c1-14(11-13-19(3,4)22-6)15(2)16-9-10-17-18(21)8-7-12-20(16,17)5/h14-17H,7-13H2,1-6H3/t14-,15+,16?,17?,20+/m0/s1. The average molecular weight is 309 g/mol. The molecule has 2 heteroatoms. The van der Waals surface area contributed by atoms with Crippen molar-refractivity contribution in [2.75, 3.05) is 7.11 Å². The molecule has 2 saturated carbocycles. The predicted octanol–water partition coefficient (Wildman–Crippen LogP) is 5.25. The molecule has 2 nitrogen and oxygen atoms in total. The number of fused-ring (bicyclic) bond motifs is 1. The zero-order valence-electron chi connectivity index (χ0n) is 15.6. The highest BCUT2D eigenvalue weighted by atomic mass is 16.5. The van der Waals surface area contributed by atoms with Crippen LogP contribution in [0.4, 0.5) is 0 Å². The van der Waals surface area contributed by atoms with E-state index in [1.54, 1.807) is 0 Å². The van der Waals surface area contributed by atoms with Gasteiger partial charge in [0, 0.05) is 19.4 Å². The van der Waals surface area contributed by atoms with Crippen molar-refractivity contribution < 1.29 is 9.53 Å². The third-order valence-electron chi connectivity index (χ3n) is 7.22. The lowest BCUT2D eigenvalue weighted by molar-refractivity contribution is -0.130. The minimum absolute atomic E-state index is 0.0170. The molecule has 0 aliphatic heterocycles. The van der Waals surface area contributed by atoms with Gasteiger partial charge in [-0.15, -0.1) is 0 Å². The van der Waals surface area contributed by atoms with Gasteiger partial charge in [0.25, 0.3) is 0 Å². The first-order chi connectivity index (χ1) is 10.2. The number of Topliss-reactive ketones (excluding diaryl/α,β-unsaturated/α-hetero) is 1. The summed E-state index contributed by atoms with van der Waals surface area (Å²) in [6, 6.07) is 0. The van der Waals surface area contributed by atoms with Gasteiger partial charge in [0.15, 0.2) is 0 Å². The number of ether oxygens (including phenoxy) is 1. The van der Waals surface area contributed by atoms with Gasteiger partial charge in [-0.1, -0.05) is 20.8 Å². The molecule has 0 aromatic rings. The highest BCUT2D eigenvalue weighted by Gasteiger charge is 2.52. The van der Waals surface area contributed by atoms with Gasteiger partial charge in [-0.05, 0) is 75.5 Å². The molecule has 2 aliphatic rings. The van der Waals surface area contributed by atoms with E-state index in [0.717, 1.165) is 31.6 Å². The Morgan fingerprint density at radius 3 is 2.64 bits per heavy atom. The number of carbonyl (C=O) groups excluding carboxylic acids is 1. The molecule has 2 rings (SSSR count). The second kappa shape index (κ2) is 6.63. The van der Waals surface area contributed by atoms with Crippen molar-refractivity contribution in [3.05, 3.63) is 0 Å². The molecule has 5 atom stereocenters. The minimum Gasteiger partial charge on any atom is -0.379 e. The Kier molecular flexibility index (Phi) is 5.42. The zero-order chi connectivity index (χ0) is 16.5. The largest absolute Gasteiger partial charge is 0.379 e. The maximum atomic E-state index is 12.3. The van der Waals surface area contributed by atoms with E-state index in [2.05, 4.69) is 34.6 Å². The molecule has 0 saturated heterocycles. The first kappa shape index (κ1) is 18.0. The van der Waals surface area contributed by atoms with Crippen LogP contribution in [0.25, 0.3) is 0 Å². The molecule has 0 heterocycles. The molecular formula is C20H36O2. The van der Waals surface area contributed by atoms with Crippen LogP contribution in [0.5, 0.6) is 0 Å². The van der Waals surface area contributed by atoms with E-state index in [1.165, 1.54) is 19.3 Å². The first-order valence-electron chi connectivity index (χ1n) is 9.29. The molecule has 0 amide bonds. The summed E-state index contributed by atoms with van der Waals surface area (Å²) in [7, 11) is 1.81. The fraction of sp³-hybridized carbons (Fsp3) is 0.950. The summed E-state index contributed by atoms with van der Waals surface area (Å²) < 4.78 is 5.57. The quantitative estimate of drug-likeness (QED) is 0.670. The highest BCUT2D eigenvalue weighted by Crippen LogP contribution is 2.57. The molecule has 0 N–H and O–H groups in total. The Hall–Kier alpha value is -0.370. The molecule has 2 aliphatic carbocycles. The average Bonchev–Trinajstić information content (AvgIpc) is 2.82. The van der Waals surface area contributed by atoms with Crippen LogP contribution in [-0.4, -0.2) is 18.5 Å². The van der Waals surface area contributed by atoms with Crippen LogP contribution in [0.1, 0.15) is 79.6 Å². The van der Waals surface area contributed by atoms with E-state index in [1.807, 2.05) is 7.11 Å². The van der Waals surface area contributed by atoms with Gasteiger partial charge in [-0.3, -0.25) is 4.79 Å². The van der Waals surface area contributed by atoms with Crippen LogP contribution in [0.3, 0.4) is 0 Å². The van der Waals surface area contributed by atoms with Crippen LogP contribution >= 0.6 is 0 Å². The number of hydrogen-bond donors (Lipinski definition) is 0. The van der Waals surface area contributed by atoms with Gasteiger partial charge in [0.1, 0.15) is 5.78 Å². The Morgan fingerprint density at radius 1 is 1.32 bits per heavy atom. The number of hydrogen-bond acceptors (Lipinski definition) is 2. The number of methoxy groups -OCH3 is 1. The highest BCUT2D eigenvalue weighted by molar-refractivity contribution is 5.83. The van der Waals surface area contributed by atoms with Crippen LogP contribution in [0, 0.1) is 29.1 Å². The van der Waals surface area contributed by atoms with Crippen LogP contribution in [0.15, 0.2) is 0 Å². The molecule has 22 heavy (non-hydrogen) atoms. The molecule has 0 radical (unpaired) electrons. The minimum atomic E-state index is -0.0170. The lowest BCUT2D eigenvalue weighted by atomic mass is 9.60. The summed E-state index contributed by atoms with van der Waals surface area (Å²) in [5, 5.41) is 0. The summed E-state index contributed by atoms with van der Waals surface area (Å²) in [4.78, 5) is 12.3. The van der Waals surface area contributed by atoms with Gasteiger partial charge in [-0.25, -0.2) is 0 Å². The third-order valence-corrected chi connectivity index (χ3v) is 7.22. The van der Waals surface area contributed by atoms with Crippen LogP contribution < -0.4 is 0 Å². The van der Waals surface area contributed by atoms with Crippen LogP contribution in [0.2, 0.25) is 0 Å². The number of rotatable bonds is 6. The van der Waals surface area contributed by atoms with E-state index in [0.29, 0.717) is 23.5 Å². The van der Waals surface area contributed by atoms with Crippen LogP contribution in [-0.2, 0) is 9.53 Å². The van der Waals surface area contributed by atoms with Crippen molar-refractivity contribution in [2.45, 2.75) is 85.2 Å². The van der Waals surface area contributed by atoms with Crippen molar-refractivity contribution in [1.29, 1.82) is 0 Å². The smallest absolute Gasteiger partial charge is 0.136 e. The molecule has 0 bridgehead atoms. The fourth-order valence-corrected chi connectivity index (χ4v) is 5.17. The maximum absolute atomic E-state index is 12.3. The number of carbonyl (C=O) groups is 1. The molecule has 2 unspecified atom stereocenters. The Labute approximate surface area is 137 Å². The van der Waals surface area contributed by atoms with Crippen molar-refractivity contribution >= 4 is 5.78 Å². The van der Waals surface area contributed by atoms with E-state index < -0.39 is 0 Å². The van der Waals surface area contributed by atoms with E-state index in [-0.39, 0.29) is 11.0 Å². The van der Waals surface area contributed by atoms with Gasteiger partial charge in [0.05, 0.1) is 5.60 Å². The van der Waals surface area contributed by atoms with Gasteiger partial charge in [-0.2, -0.15) is 0 Å². The SMILES string of the molecule is COC(C)(C)CC[C@H](C)[C@@H](C)C1CCC2C(=O)CCC[C@@]21C. The Balaban J connectivity index is 2.00. The summed E-state index contributed by atoms with van der Waals surface area (Å²) in [5.74, 6) is 3.04. The topological polar surface area (TPSA) is 26.3 Å². The molecule has 0 aromatic heterocycles. The molecule has 0 aromatic carbocycles. The zero-order valence-corrected chi connectivity index (χ0v) is 15.6. The summed E-state index contributed by atoms with van der Waals surface area (Å²) in [6.07, 6.45) is 7.93. The van der Waals surface area contributed by atoms with Gasteiger partial charge in [0.2, 0.25) is 0 Å².